The molecule has 7 N–H and O–H groups in total. The number of carbonyl (C=O) groups excluding carboxylic acids is 2. The van der Waals surface area contributed by atoms with Crippen LogP contribution in [0.15, 0.2) is 12.5 Å². The van der Waals surface area contributed by atoms with Crippen LogP contribution in [0.3, 0.4) is 0 Å². The van der Waals surface area contributed by atoms with Gasteiger partial charge >= 0.3 is 24.0 Å². The molecule has 15 heteroatoms. The summed E-state index contributed by atoms with van der Waals surface area (Å²) in [6, 6.07) is -2.52. The number of carboxylic acids is 2. The highest BCUT2D eigenvalue weighted by Gasteiger charge is 2.40. The molecule has 0 fully saturated rings. The van der Waals surface area contributed by atoms with Crippen LogP contribution in [-0.2, 0) is 25.6 Å². The zero-order valence-corrected chi connectivity index (χ0v) is 16.9. The number of rotatable bonds is 11. The number of hydrogen-bond donors (Lipinski definition) is 6. The molecule has 2 unspecified atom stereocenters. The number of imidazole rings is 1. The molecule has 0 aliphatic rings. The molecule has 1 aromatic rings. The standard InChI is InChI=1S/C8H10ClN3O3.C8H13F3N2O3/c9-2-7(13)12-6(8(14)15)1-5-3-10-4-11-5;9-8(10,11)7(16)13-5(6(14)15)3-1-2-4-12/h3-4,6H,1-2H2,(H,10,11)(H,12,13)(H,14,15);5H,1-4,12H2,(H,13,16)(H,14,15). The maximum Gasteiger partial charge on any atom is 0.471 e. The number of unbranched alkanes of at least 4 members (excludes halogenated alkanes) is 1. The molecule has 0 radical (unpaired) electrons. The number of carbonyl (C=O) groups is 4. The van der Waals surface area contributed by atoms with Crippen molar-refractivity contribution >= 4 is 35.4 Å². The molecule has 176 valence electrons. The number of alkyl halides is 4. The van der Waals surface area contributed by atoms with E-state index >= 15 is 0 Å². The van der Waals surface area contributed by atoms with Crippen molar-refractivity contribution in [3.63, 3.8) is 0 Å². The van der Waals surface area contributed by atoms with Crippen LogP contribution < -0.4 is 16.4 Å². The lowest BCUT2D eigenvalue weighted by molar-refractivity contribution is -0.175. The molecular weight excluding hydrogens is 451 g/mol. The van der Waals surface area contributed by atoms with E-state index in [9.17, 15) is 32.3 Å². The SMILES string of the molecule is NCCCCC(NC(=O)C(F)(F)F)C(=O)O.O=C(CCl)NC(Cc1cnc[nH]1)C(=O)O. The van der Waals surface area contributed by atoms with Crippen molar-refractivity contribution in [3.05, 3.63) is 18.2 Å². The predicted molar refractivity (Wildman–Crippen MR) is 101 cm³/mol. The molecule has 31 heavy (non-hydrogen) atoms. The molecule has 1 rings (SSSR count). The van der Waals surface area contributed by atoms with E-state index in [2.05, 4.69) is 15.3 Å². The van der Waals surface area contributed by atoms with Crippen molar-refractivity contribution in [1.29, 1.82) is 0 Å². The van der Waals surface area contributed by atoms with Crippen LogP contribution in [0.1, 0.15) is 25.0 Å². The Labute approximate surface area is 179 Å². The summed E-state index contributed by atoms with van der Waals surface area (Å²) in [6.45, 7) is 0.319. The number of aromatic nitrogens is 2. The maximum absolute atomic E-state index is 11.8. The molecule has 0 bridgehead atoms. The van der Waals surface area contributed by atoms with E-state index in [1.807, 2.05) is 0 Å². The number of aromatic amines is 1. The van der Waals surface area contributed by atoms with Crippen LogP contribution in [0.5, 0.6) is 0 Å². The predicted octanol–water partition coefficient (Wildman–Crippen LogP) is 0.00750. The lowest BCUT2D eigenvalue weighted by Crippen LogP contribution is -2.46. The average molecular weight is 474 g/mol. The topological polar surface area (TPSA) is 188 Å². The van der Waals surface area contributed by atoms with E-state index in [4.69, 9.17) is 27.5 Å². The lowest BCUT2D eigenvalue weighted by atomic mass is 10.1. The number of hydrogen-bond acceptors (Lipinski definition) is 6. The molecule has 2 amide bonds. The van der Waals surface area contributed by atoms with Crippen molar-refractivity contribution in [2.45, 2.75) is 43.9 Å². The third kappa shape index (κ3) is 12.4. The molecule has 2 atom stereocenters. The molecule has 0 aliphatic carbocycles. The van der Waals surface area contributed by atoms with Crippen molar-refractivity contribution in [2.24, 2.45) is 5.73 Å². The number of carboxylic acid groups (broad SMARTS) is 2. The van der Waals surface area contributed by atoms with E-state index in [0.29, 0.717) is 25.1 Å². The Kier molecular flexibility index (Phi) is 12.9. The van der Waals surface area contributed by atoms with E-state index in [1.165, 1.54) is 17.8 Å². The summed E-state index contributed by atoms with van der Waals surface area (Å²) in [5, 5.41) is 21.1. The molecule has 0 aliphatic heterocycles. The summed E-state index contributed by atoms with van der Waals surface area (Å²) in [6.07, 6.45) is -1.22. The van der Waals surface area contributed by atoms with Crippen molar-refractivity contribution in [1.82, 2.24) is 20.6 Å². The fourth-order valence-electron chi connectivity index (χ4n) is 2.04. The molecule has 0 spiro atoms. The number of nitrogens with zero attached hydrogens (tertiary/aromatic N) is 1. The lowest BCUT2D eigenvalue weighted by Gasteiger charge is -2.15. The van der Waals surface area contributed by atoms with Crippen LogP contribution >= 0.6 is 11.6 Å². The molecule has 1 aromatic heterocycles. The van der Waals surface area contributed by atoms with E-state index in [-0.39, 0.29) is 18.7 Å². The van der Waals surface area contributed by atoms with E-state index in [0.717, 1.165) is 0 Å². The Bertz CT molecular complexity index is 717. The summed E-state index contributed by atoms with van der Waals surface area (Å²) in [5.41, 5.74) is 5.78. The van der Waals surface area contributed by atoms with E-state index < -0.39 is 42.0 Å². The quantitative estimate of drug-likeness (QED) is 0.191. The smallest absolute Gasteiger partial charge is 0.471 e. The van der Waals surface area contributed by atoms with Crippen LogP contribution in [0.4, 0.5) is 13.2 Å². The van der Waals surface area contributed by atoms with E-state index in [1.54, 1.807) is 0 Å². The van der Waals surface area contributed by atoms with Gasteiger partial charge in [-0.25, -0.2) is 14.6 Å². The second kappa shape index (κ2) is 14.2. The number of halogens is 4. The zero-order chi connectivity index (χ0) is 24.0. The summed E-state index contributed by atoms with van der Waals surface area (Å²) in [4.78, 5) is 49.2. The van der Waals surface area contributed by atoms with Gasteiger partial charge in [0.15, 0.2) is 0 Å². The molecule has 0 saturated heterocycles. The first-order chi connectivity index (χ1) is 14.4. The Morgan fingerprint density at radius 2 is 1.74 bits per heavy atom. The van der Waals surface area contributed by atoms with Crippen molar-refractivity contribution in [2.75, 3.05) is 12.4 Å². The first-order valence-corrected chi connectivity index (χ1v) is 9.31. The Balaban J connectivity index is 0.000000581. The number of nitrogens with one attached hydrogen (secondary N) is 3. The Hall–Kier alpha value is -2.87. The largest absolute Gasteiger partial charge is 0.480 e. The van der Waals surface area contributed by atoms with Gasteiger partial charge in [-0.1, -0.05) is 0 Å². The van der Waals surface area contributed by atoms with Gasteiger partial charge in [-0.15, -0.1) is 11.6 Å². The fraction of sp³-hybridized carbons (Fsp3) is 0.562. The minimum atomic E-state index is -5.07. The highest BCUT2D eigenvalue weighted by molar-refractivity contribution is 6.27. The van der Waals surface area contributed by atoms with Crippen LogP contribution in [0.2, 0.25) is 0 Å². The molecule has 0 aromatic carbocycles. The number of H-pyrrole nitrogens is 1. The summed E-state index contributed by atoms with van der Waals surface area (Å²) < 4.78 is 35.5. The van der Waals surface area contributed by atoms with Gasteiger partial charge in [0.2, 0.25) is 5.91 Å². The summed E-state index contributed by atoms with van der Waals surface area (Å²) in [7, 11) is 0. The second-order valence-corrected chi connectivity index (χ2v) is 6.29. The first kappa shape index (κ1) is 28.1. The van der Waals surface area contributed by atoms with Gasteiger partial charge in [0.05, 0.1) is 6.33 Å². The number of nitrogens with two attached hydrogens (primary N) is 1. The van der Waals surface area contributed by atoms with Crippen LogP contribution in [0, 0.1) is 0 Å². The van der Waals surface area contributed by atoms with Gasteiger partial charge in [0.25, 0.3) is 0 Å². The Morgan fingerprint density at radius 1 is 1.13 bits per heavy atom. The fourth-order valence-corrected chi connectivity index (χ4v) is 2.12. The highest BCUT2D eigenvalue weighted by Crippen LogP contribution is 2.15. The van der Waals surface area contributed by atoms with Gasteiger partial charge in [0, 0.05) is 18.3 Å². The highest BCUT2D eigenvalue weighted by atomic mass is 35.5. The van der Waals surface area contributed by atoms with Crippen molar-refractivity contribution < 1.29 is 42.6 Å². The summed E-state index contributed by atoms with van der Waals surface area (Å²) in [5.74, 6) is -5.61. The third-order valence-corrected chi connectivity index (χ3v) is 3.78. The third-order valence-electron chi connectivity index (χ3n) is 3.54. The molecule has 11 nitrogen and oxygen atoms in total. The van der Waals surface area contributed by atoms with Gasteiger partial charge in [0.1, 0.15) is 18.0 Å². The molecule has 0 saturated carbocycles. The first-order valence-electron chi connectivity index (χ1n) is 8.78. The summed E-state index contributed by atoms with van der Waals surface area (Å²) >= 11 is 5.26. The monoisotopic (exact) mass is 473 g/mol. The number of aliphatic carboxylic acids is 2. The molecule has 1 heterocycles. The minimum absolute atomic E-state index is 0.0750. The van der Waals surface area contributed by atoms with Crippen molar-refractivity contribution in [3.8, 4) is 0 Å². The molecular formula is C16H23ClF3N5O6. The second-order valence-electron chi connectivity index (χ2n) is 6.02. The zero-order valence-electron chi connectivity index (χ0n) is 16.1. The maximum atomic E-state index is 11.8. The average Bonchev–Trinajstić information content (AvgIpc) is 3.19. The Morgan fingerprint density at radius 3 is 2.16 bits per heavy atom. The minimum Gasteiger partial charge on any atom is -0.480 e. The van der Waals surface area contributed by atoms with Gasteiger partial charge < -0.3 is 31.6 Å². The normalized spacial score (nSPS) is 12.7. The van der Waals surface area contributed by atoms with Gasteiger partial charge in [-0.05, 0) is 25.8 Å². The van der Waals surface area contributed by atoms with Crippen LogP contribution in [0.25, 0.3) is 0 Å². The number of amides is 2. The van der Waals surface area contributed by atoms with Gasteiger partial charge in [-0.3, -0.25) is 9.59 Å². The van der Waals surface area contributed by atoms with Crippen LogP contribution in [-0.4, -0.2) is 74.6 Å². The van der Waals surface area contributed by atoms with Gasteiger partial charge in [-0.2, -0.15) is 13.2 Å².